The highest BCUT2D eigenvalue weighted by Crippen LogP contribution is 2.29. The van der Waals surface area contributed by atoms with Gasteiger partial charge in [-0.2, -0.15) is 0 Å². The lowest BCUT2D eigenvalue weighted by atomic mass is 10.1. The standard InChI is InChI=1S/C14H10Cl2FNO/c15-11-5-2-6-12(16)14(11)18-13(19)8-9-3-1-4-10(17)7-9/h1-7H,8H2,(H,18,19). The third kappa shape index (κ3) is 3.69. The van der Waals surface area contributed by atoms with Crippen LogP contribution in [0.3, 0.4) is 0 Å². The summed E-state index contributed by atoms with van der Waals surface area (Å²) in [6, 6.07) is 10.8. The van der Waals surface area contributed by atoms with Gasteiger partial charge in [-0.3, -0.25) is 4.79 Å². The summed E-state index contributed by atoms with van der Waals surface area (Å²) >= 11 is 11.9. The second-order valence-electron chi connectivity index (χ2n) is 3.95. The fourth-order valence-electron chi connectivity index (χ4n) is 1.63. The number of halogens is 3. The van der Waals surface area contributed by atoms with Gasteiger partial charge in [0.05, 0.1) is 22.2 Å². The molecule has 0 aromatic heterocycles. The van der Waals surface area contributed by atoms with E-state index in [1.807, 2.05) is 0 Å². The van der Waals surface area contributed by atoms with Crippen LogP contribution in [0.4, 0.5) is 10.1 Å². The topological polar surface area (TPSA) is 29.1 Å². The molecular formula is C14H10Cl2FNO. The molecule has 0 aliphatic rings. The first-order chi connectivity index (χ1) is 9.06. The van der Waals surface area contributed by atoms with Gasteiger partial charge in [0, 0.05) is 0 Å². The lowest BCUT2D eigenvalue weighted by molar-refractivity contribution is -0.115. The molecule has 0 fully saturated rings. The minimum atomic E-state index is -0.374. The Bertz CT molecular complexity index is 596. The first-order valence-corrected chi connectivity index (χ1v) is 6.30. The Morgan fingerprint density at radius 1 is 1.11 bits per heavy atom. The molecule has 2 rings (SSSR count). The number of rotatable bonds is 3. The molecule has 5 heteroatoms. The van der Waals surface area contributed by atoms with Crippen molar-refractivity contribution in [3.63, 3.8) is 0 Å². The molecule has 0 spiro atoms. The van der Waals surface area contributed by atoms with Crippen LogP contribution in [0.15, 0.2) is 42.5 Å². The average Bonchev–Trinajstić information content (AvgIpc) is 2.34. The van der Waals surface area contributed by atoms with E-state index in [4.69, 9.17) is 23.2 Å². The highest BCUT2D eigenvalue weighted by Gasteiger charge is 2.10. The van der Waals surface area contributed by atoms with Crippen LogP contribution in [0, 0.1) is 5.82 Å². The van der Waals surface area contributed by atoms with Crippen molar-refractivity contribution in [1.82, 2.24) is 0 Å². The molecule has 0 atom stereocenters. The van der Waals surface area contributed by atoms with Crippen molar-refractivity contribution < 1.29 is 9.18 Å². The SMILES string of the molecule is O=C(Cc1cccc(F)c1)Nc1c(Cl)cccc1Cl. The third-order valence-electron chi connectivity index (χ3n) is 2.48. The zero-order valence-electron chi connectivity index (χ0n) is 9.79. The predicted octanol–water partition coefficient (Wildman–Crippen LogP) is 4.31. The van der Waals surface area contributed by atoms with Crippen molar-refractivity contribution in [2.24, 2.45) is 0 Å². The summed E-state index contributed by atoms with van der Waals surface area (Å²) in [6.45, 7) is 0. The zero-order chi connectivity index (χ0) is 13.8. The summed E-state index contributed by atoms with van der Waals surface area (Å²) in [7, 11) is 0. The van der Waals surface area contributed by atoms with E-state index in [9.17, 15) is 9.18 Å². The molecule has 2 aromatic carbocycles. The maximum Gasteiger partial charge on any atom is 0.228 e. The Hall–Kier alpha value is -1.58. The molecule has 98 valence electrons. The first-order valence-electron chi connectivity index (χ1n) is 5.54. The van der Waals surface area contributed by atoms with Gasteiger partial charge in [0.1, 0.15) is 5.82 Å². The van der Waals surface area contributed by atoms with E-state index < -0.39 is 0 Å². The molecule has 0 bridgehead atoms. The molecule has 0 radical (unpaired) electrons. The van der Waals surface area contributed by atoms with Crippen molar-refractivity contribution >= 4 is 34.8 Å². The van der Waals surface area contributed by atoms with Crippen LogP contribution < -0.4 is 5.32 Å². The molecule has 0 saturated carbocycles. The van der Waals surface area contributed by atoms with Gasteiger partial charge in [0.2, 0.25) is 5.91 Å². The van der Waals surface area contributed by atoms with Crippen LogP contribution in [0.25, 0.3) is 0 Å². The van der Waals surface area contributed by atoms with Crippen LogP contribution in [0.1, 0.15) is 5.56 Å². The van der Waals surface area contributed by atoms with Crippen molar-refractivity contribution in [3.05, 3.63) is 63.9 Å². The van der Waals surface area contributed by atoms with Crippen LogP contribution >= 0.6 is 23.2 Å². The summed E-state index contributed by atoms with van der Waals surface area (Å²) in [5.41, 5.74) is 0.952. The van der Waals surface area contributed by atoms with Gasteiger partial charge in [0.25, 0.3) is 0 Å². The third-order valence-corrected chi connectivity index (χ3v) is 3.11. The summed E-state index contributed by atoms with van der Waals surface area (Å²) in [5.74, 6) is -0.679. The predicted molar refractivity (Wildman–Crippen MR) is 75.2 cm³/mol. The Morgan fingerprint density at radius 3 is 2.37 bits per heavy atom. The van der Waals surface area contributed by atoms with Crippen molar-refractivity contribution in [3.8, 4) is 0 Å². The number of carbonyl (C=O) groups is 1. The maximum absolute atomic E-state index is 13.0. The van der Waals surface area contributed by atoms with Crippen molar-refractivity contribution in [2.75, 3.05) is 5.32 Å². The molecule has 1 amide bonds. The van der Waals surface area contributed by atoms with E-state index >= 15 is 0 Å². The average molecular weight is 298 g/mol. The molecule has 2 aromatic rings. The minimum Gasteiger partial charge on any atom is -0.323 e. The molecular weight excluding hydrogens is 288 g/mol. The van der Waals surface area contributed by atoms with Gasteiger partial charge in [-0.25, -0.2) is 4.39 Å². The number of anilines is 1. The lowest BCUT2D eigenvalue weighted by Crippen LogP contribution is -2.15. The normalized spacial score (nSPS) is 10.3. The molecule has 0 saturated heterocycles. The van der Waals surface area contributed by atoms with E-state index in [2.05, 4.69) is 5.32 Å². The van der Waals surface area contributed by atoms with Gasteiger partial charge < -0.3 is 5.32 Å². The summed E-state index contributed by atoms with van der Waals surface area (Å²) in [6.07, 6.45) is 0.0549. The number of amides is 1. The smallest absolute Gasteiger partial charge is 0.228 e. The Kier molecular flexibility index (Phi) is 4.40. The van der Waals surface area contributed by atoms with Crippen LogP contribution in [-0.2, 0) is 11.2 Å². The summed E-state index contributed by atoms with van der Waals surface area (Å²) < 4.78 is 13.0. The second-order valence-corrected chi connectivity index (χ2v) is 4.77. The van der Waals surface area contributed by atoms with Crippen molar-refractivity contribution in [2.45, 2.75) is 6.42 Å². The molecule has 0 unspecified atom stereocenters. The number of carbonyl (C=O) groups excluding carboxylic acids is 1. The monoisotopic (exact) mass is 297 g/mol. The Morgan fingerprint density at radius 2 is 1.74 bits per heavy atom. The highest BCUT2D eigenvalue weighted by atomic mass is 35.5. The van der Waals surface area contributed by atoms with Crippen LogP contribution in [0.2, 0.25) is 10.0 Å². The van der Waals surface area contributed by atoms with Crippen molar-refractivity contribution in [1.29, 1.82) is 0 Å². The number of nitrogens with one attached hydrogen (secondary N) is 1. The van der Waals surface area contributed by atoms with E-state index in [-0.39, 0.29) is 18.1 Å². The summed E-state index contributed by atoms with van der Waals surface area (Å²) in [5, 5.41) is 3.34. The number of hydrogen-bond acceptors (Lipinski definition) is 1. The zero-order valence-corrected chi connectivity index (χ0v) is 11.3. The fourth-order valence-corrected chi connectivity index (χ4v) is 2.13. The van der Waals surface area contributed by atoms with Gasteiger partial charge in [-0.15, -0.1) is 0 Å². The molecule has 0 aliphatic carbocycles. The number of para-hydroxylation sites is 1. The fraction of sp³-hybridized carbons (Fsp3) is 0.0714. The maximum atomic E-state index is 13.0. The van der Waals surface area contributed by atoms with Crippen LogP contribution in [-0.4, -0.2) is 5.91 Å². The summed E-state index contributed by atoms with van der Waals surface area (Å²) in [4.78, 5) is 11.8. The lowest BCUT2D eigenvalue weighted by Gasteiger charge is -2.09. The largest absolute Gasteiger partial charge is 0.323 e. The molecule has 1 N–H and O–H groups in total. The molecule has 0 heterocycles. The van der Waals surface area contributed by atoms with E-state index in [0.29, 0.717) is 21.3 Å². The van der Waals surface area contributed by atoms with Gasteiger partial charge in [-0.05, 0) is 29.8 Å². The quantitative estimate of drug-likeness (QED) is 0.898. The van der Waals surface area contributed by atoms with E-state index in [0.717, 1.165) is 0 Å². The molecule has 0 aliphatic heterocycles. The Balaban J connectivity index is 2.10. The van der Waals surface area contributed by atoms with Gasteiger partial charge >= 0.3 is 0 Å². The van der Waals surface area contributed by atoms with Gasteiger partial charge in [0.15, 0.2) is 0 Å². The highest BCUT2D eigenvalue weighted by molar-refractivity contribution is 6.39. The van der Waals surface area contributed by atoms with Crippen LogP contribution in [0.5, 0.6) is 0 Å². The molecule has 19 heavy (non-hydrogen) atoms. The number of hydrogen-bond donors (Lipinski definition) is 1. The number of benzene rings is 2. The second kappa shape index (κ2) is 6.04. The first kappa shape index (κ1) is 13.8. The van der Waals surface area contributed by atoms with E-state index in [1.54, 1.807) is 30.3 Å². The van der Waals surface area contributed by atoms with E-state index in [1.165, 1.54) is 12.1 Å². The van der Waals surface area contributed by atoms with Gasteiger partial charge in [-0.1, -0.05) is 41.4 Å². The molecule has 2 nitrogen and oxygen atoms in total. The Labute approximate surface area is 120 Å². The minimum absolute atomic E-state index is 0.0549.